The van der Waals surface area contributed by atoms with Crippen molar-refractivity contribution in [3.8, 4) is 0 Å². The Hall–Kier alpha value is -1.06. The van der Waals surface area contributed by atoms with Gasteiger partial charge in [0.25, 0.3) is 0 Å². The van der Waals surface area contributed by atoms with Gasteiger partial charge in [0.1, 0.15) is 6.04 Å². The third kappa shape index (κ3) is 2.70. The van der Waals surface area contributed by atoms with E-state index in [1.54, 1.807) is 13.0 Å². The zero-order valence-corrected chi connectivity index (χ0v) is 9.45. The van der Waals surface area contributed by atoms with Crippen LogP contribution in [-0.4, -0.2) is 17.1 Å². The lowest BCUT2D eigenvalue weighted by Gasteiger charge is -2.18. The first-order valence-corrected chi connectivity index (χ1v) is 5.05. The van der Waals surface area contributed by atoms with Crippen molar-refractivity contribution in [1.82, 2.24) is 0 Å². The molecule has 82 valence electrons. The smallest absolute Gasteiger partial charge is 0.321 e. The zero-order chi connectivity index (χ0) is 11.6. The van der Waals surface area contributed by atoms with Gasteiger partial charge in [-0.3, -0.25) is 4.79 Å². The normalized spacial score (nSPS) is 14.7. The fourth-order valence-corrected chi connectivity index (χ4v) is 1.78. The Balaban J connectivity index is 3.01. The Morgan fingerprint density at radius 1 is 1.53 bits per heavy atom. The highest BCUT2D eigenvalue weighted by Crippen LogP contribution is 2.24. The molecule has 1 aromatic carbocycles. The first kappa shape index (κ1) is 12.0. The van der Waals surface area contributed by atoms with E-state index in [1.165, 1.54) is 0 Å². The number of carboxylic acids is 1. The molecule has 2 unspecified atom stereocenters. The highest BCUT2D eigenvalue weighted by atomic mass is 35.5. The molecule has 3 N–H and O–H groups in total. The number of carboxylic acid groups (broad SMARTS) is 1. The van der Waals surface area contributed by atoms with Gasteiger partial charge < -0.3 is 10.8 Å². The van der Waals surface area contributed by atoms with E-state index >= 15 is 0 Å². The van der Waals surface area contributed by atoms with Gasteiger partial charge in [-0.25, -0.2) is 0 Å². The summed E-state index contributed by atoms with van der Waals surface area (Å²) in [4.78, 5) is 10.7. The summed E-state index contributed by atoms with van der Waals surface area (Å²) < 4.78 is 0. The summed E-state index contributed by atoms with van der Waals surface area (Å²) in [5, 5.41) is 9.45. The molecule has 0 heterocycles. The summed E-state index contributed by atoms with van der Waals surface area (Å²) in [5.74, 6) is -1.21. The van der Waals surface area contributed by atoms with Crippen LogP contribution < -0.4 is 5.73 Å². The van der Waals surface area contributed by atoms with Gasteiger partial charge >= 0.3 is 5.97 Å². The molecule has 4 heteroatoms. The number of carbonyl (C=O) groups is 1. The van der Waals surface area contributed by atoms with E-state index in [1.807, 2.05) is 19.1 Å². The lowest BCUT2D eigenvalue weighted by atomic mass is 9.91. The lowest BCUT2D eigenvalue weighted by Crippen LogP contribution is -2.35. The van der Waals surface area contributed by atoms with E-state index in [0.29, 0.717) is 5.02 Å². The topological polar surface area (TPSA) is 63.3 Å². The minimum absolute atomic E-state index is 0.222. The summed E-state index contributed by atoms with van der Waals surface area (Å²) in [5.41, 5.74) is 7.46. The molecule has 1 aromatic rings. The lowest BCUT2D eigenvalue weighted by molar-refractivity contribution is -0.139. The van der Waals surface area contributed by atoms with Gasteiger partial charge in [-0.15, -0.1) is 0 Å². The Morgan fingerprint density at radius 3 is 2.60 bits per heavy atom. The minimum atomic E-state index is -0.989. The highest BCUT2D eigenvalue weighted by Gasteiger charge is 2.22. The molecule has 0 aliphatic carbocycles. The molecule has 0 saturated carbocycles. The van der Waals surface area contributed by atoms with Crippen molar-refractivity contribution in [2.45, 2.75) is 25.8 Å². The molecular formula is C11H14ClNO2. The van der Waals surface area contributed by atoms with Crippen molar-refractivity contribution in [2.24, 2.45) is 5.73 Å². The second-order valence-electron chi connectivity index (χ2n) is 3.65. The van der Waals surface area contributed by atoms with Gasteiger partial charge in [0.15, 0.2) is 0 Å². The summed E-state index contributed by atoms with van der Waals surface area (Å²) in [6, 6.07) is 4.49. The first-order valence-electron chi connectivity index (χ1n) is 4.68. The molecule has 0 spiro atoms. The van der Waals surface area contributed by atoms with Crippen LogP contribution in [0.1, 0.15) is 24.0 Å². The molecule has 0 aromatic heterocycles. The number of nitrogens with two attached hydrogens (primary N) is 1. The molecule has 0 radical (unpaired) electrons. The number of hydrogen-bond acceptors (Lipinski definition) is 2. The quantitative estimate of drug-likeness (QED) is 0.832. The Kier molecular flexibility index (Phi) is 3.72. The van der Waals surface area contributed by atoms with E-state index in [0.717, 1.165) is 11.1 Å². The monoisotopic (exact) mass is 227 g/mol. The SMILES string of the molecule is Cc1cc(Cl)ccc1C(C)C(N)C(=O)O. The van der Waals surface area contributed by atoms with Crippen LogP contribution in [0.25, 0.3) is 0 Å². The number of hydrogen-bond donors (Lipinski definition) is 2. The number of aliphatic carboxylic acids is 1. The molecular weight excluding hydrogens is 214 g/mol. The summed E-state index contributed by atoms with van der Waals surface area (Å²) in [7, 11) is 0. The number of aryl methyl sites for hydroxylation is 1. The van der Waals surface area contributed by atoms with Crippen LogP contribution in [0.4, 0.5) is 0 Å². The third-order valence-corrected chi connectivity index (χ3v) is 2.78. The van der Waals surface area contributed by atoms with Crippen molar-refractivity contribution in [2.75, 3.05) is 0 Å². The highest BCUT2D eigenvalue weighted by molar-refractivity contribution is 6.30. The Morgan fingerprint density at radius 2 is 2.13 bits per heavy atom. The van der Waals surface area contributed by atoms with E-state index in [9.17, 15) is 4.79 Å². The zero-order valence-electron chi connectivity index (χ0n) is 8.70. The van der Waals surface area contributed by atoms with Gasteiger partial charge in [-0.1, -0.05) is 24.6 Å². The predicted octanol–water partition coefficient (Wildman–Crippen LogP) is 2.16. The molecule has 1 rings (SSSR count). The van der Waals surface area contributed by atoms with Crippen LogP contribution in [0, 0.1) is 6.92 Å². The Labute approximate surface area is 93.9 Å². The van der Waals surface area contributed by atoms with Crippen molar-refractivity contribution in [3.05, 3.63) is 34.3 Å². The van der Waals surface area contributed by atoms with Crippen LogP contribution in [0.2, 0.25) is 5.02 Å². The van der Waals surface area contributed by atoms with E-state index < -0.39 is 12.0 Å². The van der Waals surface area contributed by atoms with Crippen molar-refractivity contribution in [3.63, 3.8) is 0 Å². The summed E-state index contributed by atoms with van der Waals surface area (Å²) in [6.07, 6.45) is 0. The predicted molar refractivity (Wildman–Crippen MR) is 60.2 cm³/mol. The molecule has 0 bridgehead atoms. The van der Waals surface area contributed by atoms with Crippen LogP contribution >= 0.6 is 11.6 Å². The van der Waals surface area contributed by atoms with Crippen molar-refractivity contribution < 1.29 is 9.90 Å². The van der Waals surface area contributed by atoms with Gasteiger partial charge in [0, 0.05) is 10.9 Å². The van der Waals surface area contributed by atoms with Crippen LogP contribution in [0.5, 0.6) is 0 Å². The maximum absolute atomic E-state index is 10.7. The largest absolute Gasteiger partial charge is 0.480 e. The third-order valence-electron chi connectivity index (χ3n) is 2.55. The molecule has 3 nitrogen and oxygen atoms in total. The Bertz CT molecular complexity index is 379. The van der Waals surface area contributed by atoms with Crippen molar-refractivity contribution in [1.29, 1.82) is 0 Å². The molecule has 0 aliphatic heterocycles. The van der Waals surface area contributed by atoms with Crippen LogP contribution in [0.3, 0.4) is 0 Å². The van der Waals surface area contributed by atoms with Crippen molar-refractivity contribution >= 4 is 17.6 Å². The average molecular weight is 228 g/mol. The molecule has 2 atom stereocenters. The second-order valence-corrected chi connectivity index (χ2v) is 4.09. The molecule has 0 fully saturated rings. The average Bonchev–Trinajstić information content (AvgIpc) is 2.15. The summed E-state index contributed by atoms with van der Waals surface area (Å²) >= 11 is 5.82. The second kappa shape index (κ2) is 4.64. The van der Waals surface area contributed by atoms with Gasteiger partial charge in [-0.2, -0.15) is 0 Å². The summed E-state index contributed by atoms with van der Waals surface area (Å²) in [6.45, 7) is 3.70. The minimum Gasteiger partial charge on any atom is -0.480 e. The number of halogens is 1. The maximum Gasteiger partial charge on any atom is 0.321 e. The number of rotatable bonds is 3. The molecule has 15 heavy (non-hydrogen) atoms. The van der Waals surface area contributed by atoms with Crippen LogP contribution in [-0.2, 0) is 4.79 Å². The van der Waals surface area contributed by atoms with Gasteiger partial charge in [0.2, 0.25) is 0 Å². The first-order chi connectivity index (χ1) is 6.93. The molecule has 0 saturated heterocycles. The number of benzene rings is 1. The fraction of sp³-hybridized carbons (Fsp3) is 0.364. The fourth-order valence-electron chi connectivity index (χ4n) is 1.56. The maximum atomic E-state index is 10.7. The van der Waals surface area contributed by atoms with E-state index in [-0.39, 0.29) is 5.92 Å². The van der Waals surface area contributed by atoms with Gasteiger partial charge in [0.05, 0.1) is 0 Å². The standard InChI is InChI=1S/C11H14ClNO2/c1-6-5-8(12)3-4-9(6)7(2)10(13)11(14)15/h3-5,7,10H,13H2,1-2H3,(H,14,15). The van der Waals surface area contributed by atoms with E-state index in [4.69, 9.17) is 22.4 Å². The van der Waals surface area contributed by atoms with Crippen LogP contribution in [0.15, 0.2) is 18.2 Å². The molecule has 0 amide bonds. The van der Waals surface area contributed by atoms with Gasteiger partial charge in [-0.05, 0) is 30.2 Å². The molecule has 0 aliphatic rings. The van der Waals surface area contributed by atoms with E-state index in [2.05, 4.69) is 0 Å².